The number of carbonyl (C=O) groups excluding carboxylic acids is 1. The molecule has 1 saturated carbocycles. The van der Waals surface area contributed by atoms with E-state index in [0.29, 0.717) is 12.6 Å². The highest BCUT2D eigenvalue weighted by Crippen LogP contribution is 2.27. The summed E-state index contributed by atoms with van der Waals surface area (Å²) >= 11 is 0. The molecule has 2 fully saturated rings. The van der Waals surface area contributed by atoms with Crippen LogP contribution in [0.4, 0.5) is 0 Å². The highest BCUT2D eigenvalue weighted by Gasteiger charge is 2.34. The van der Waals surface area contributed by atoms with Crippen LogP contribution in [-0.2, 0) is 9.59 Å². The summed E-state index contributed by atoms with van der Waals surface area (Å²) in [5.41, 5.74) is 0. The third-order valence-electron chi connectivity index (χ3n) is 3.90. The molecule has 2 rings (SSSR count). The fourth-order valence-corrected chi connectivity index (χ4v) is 2.82. The standard InChI is InChI=1S/C13H22N2O3/c1-2-15(10-5-6-10)12(16)9-14-7-3-4-11(14)8-13(17)18/h10-11H,2-9H2,1H3,(H,17,18). The molecular formula is C13H22N2O3. The largest absolute Gasteiger partial charge is 0.481 e. The molecule has 2 aliphatic rings. The van der Waals surface area contributed by atoms with Gasteiger partial charge < -0.3 is 10.0 Å². The zero-order chi connectivity index (χ0) is 13.1. The molecule has 0 bridgehead atoms. The zero-order valence-corrected chi connectivity index (χ0v) is 11.0. The summed E-state index contributed by atoms with van der Waals surface area (Å²) in [6, 6.07) is 0.493. The van der Waals surface area contributed by atoms with Gasteiger partial charge in [0.15, 0.2) is 0 Å². The molecule has 1 atom stereocenters. The molecule has 1 N–H and O–H groups in total. The van der Waals surface area contributed by atoms with E-state index >= 15 is 0 Å². The van der Waals surface area contributed by atoms with Crippen molar-refractivity contribution in [3.8, 4) is 0 Å². The van der Waals surface area contributed by atoms with Gasteiger partial charge in [-0.25, -0.2) is 0 Å². The maximum absolute atomic E-state index is 12.2. The Morgan fingerprint density at radius 3 is 2.61 bits per heavy atom. The van der Waals surface area contributed by atoms with Gasteiger partial charge in [-0.15, -0.1) is 0 Å². The quantitative estimate of drug-likeness (QED) is 0.766. The molecule has 1 amide bonds. The second kappa shape index (κ2) is 5.69. The maximum atomic E-state index is 12.2. The van der Waals surface area contributed by atoms with Gasteiger partial charge in [-0.05, 0) is 39.2 Å². The van der Waals surface area contributed by atoms with Gasteiger partial charge in [-0.1, -0.05) is 0 Å². The van der Waals surface area contributed by atoms with Crippen molar-refractivity contribution in [3.63, 3.8) is 0 Å². The van der Waals surface area contributed by atoms with Gasteiger partial charge >= 0.3 is 5.97 Å². The number of hydrogen-bond acceptors (Lipinski definition) is 3. The Bertz CT molecular complexity index is 328. The van der Waals surface area contributed by atoms with Crippen LogP contribution in [0.2, 0.25) is 0 Å². The first-order chi connectivity index (χ1) is 8.61. The Morgan fingerprint density at radius 1 is 1.33 bits per heavy atom. The molecule has 102 valence electrons. The van der Waals surface area contributed by atoms with Crippen LogP contribution >= 0.6 is 0 Å². The second-order valence-corrected chi connectivity index (χ2v) is 5.28. The second-order valence-electron chi connectivity index (χ2n) is 5.28. The van der Waals surface area contributed by atoms with Crippen molar-refractivity contribution in [2.75, 3.05) is 19.6 Å². The number of carboxylic acids is 1. The summed E-state index contributed by atoms with van der Waals surface area (Å²) in [4.78, 5) is 26.9. The Balaban J connectivity index is 1.87. The molecule has 18 heavy (non-hydrogen) atoms. The van der Waals surface area contributed by atoms with Gasteiger partial charge in [0.05, 0.1) is 13.0 Å². The number of hydrogen-bond donors (Lipinski definition) is 1. The summed E-state index contributed by atoms with van der Waals surface area (Å²) in [5, 5.41) is 8.86. The normalized spacial score (nSPS) is 24.2. The van der Waals surface area contributed by atoms with Crippen molar-refractivity contribution in [2.45, 2.75) is 51.1 Å². The number of likely N-dealkylation sites (N-methyl/N-ethyl adjacent to an activating group) is 1. The molecule has 0 aromatic heterocycles. The minimum atomic E-state index is -0.770. The van der Waals surface area contributed by atoms with Crippen molar-refractivity contribution in [1.29, 1.82) is 0 Å². The molecular weight excluding hydrogens is 232 g/mol. The van der Waals surface area contributed by atoms with Crippen LogP contribution in [0, 0.1) is 0 Å². The number of amides is 1. The summed E-state index contributed by atoms with van der Waals surface area (Å²) in [5.74, 6) is -0.605. The van der Waals surface area contributed by atoms with E-state index in [-0.39, 0.29) is 18.4 Å². The van der Waals surface area contributed by atoms with E-state index in [2.05, 4.69) is 0 Å². The smallest absolute Gasteiger partial charge is 0.304 e. The average molecular weight is 254 g/mol. The van der Waals surface area contributed by atoms with E-state index in [1.165, 1.54) is 0 Å². The number of carboxylic acid groups (broad SMARTS) is 1. The fraction of sp³-hybridized carbons (Fsp3) is 0.846. The van der Waals surface area contributed by atoms with Gasteiger partial charge in [-0.3, -0.25) is 14.5 Å². The topological polar surface area (TPSA) is 60.9 Å². The van der Waals surface area contributed by atoms with Crippen LogP contribution in [0.15, 0.2) is 0 Å². The Hall–Kier alpha value is -1.10. The number of likely N-dealkylation sites (tertiary alicyclic amines) is 1. The molecule has 1 saturated heterocycles. The highest BCUT2D eigenvalue weighted by atomic mass is 16.4. The van der Waals surface area contributed by atoms with Gasteiger partial charge in [0.2, 0.25) is 5.91 Å². The van der Waals surface area contributed by atoms with E-state index in [1.807, 2.05) is 16.7 Å². The molecule has 1 aliphatic carbocycles. The van der Waals surface area contributed by atoms with Crippen molar-refractivity contribution >= 4 is 11.9 Å². The van der Waals surface area contributed by atoms with Crippen LogP contribution in [0.25, 0.3) is 0 Å². The summed E-state index contributed by atoms with van der Waals surface area (Å²) in [6.45, 7) is 4.02. The SMILES string of the molecule is CCN(C(=O)CN1CCCC1CC(=O)O)C1CC1. The number of rotatable bonds is 6. The summed E-state index contributed by atoms with van der Waals surface area (Å²) in [6.07, 6.45) is 4.30. The Morgan fingerprint density at radius 2 is 2.06 bits per heavy atom. The lowest BCUT2D eigenvalue weighted by Crippen LogP contribution is -2.43. The Labute approximate surface area is 108 Å². The van der Waals surface area contributed by atoms with Gasteiger partial charge in [0, 0.05) is 18.6 Å². The van der Waals surface area contributed by atoms with Crippen molar-refractivity contribution < 1.29 is 14.7 Å². The maximum Gasteiger partial charge on any atom is 0.304 e. The molecule has 1 aliphatic heterocycles. The fourth-order valence-electron chi connectivity index (χ4n) is 2.82. The molecule has 5 nitrogen and oxygen atoms in total. The highest BCUT2D eigenvalue weighted by molar-refractivity contribution is 5.79. The third-order valence-corrected chi connectivity index (χ3v) is 3.90. The zero-order valence-electron chi connectivity index (χ0n) is 11.0. The molecule has 1 heterocycles. The lowest BCUT2D eigenvalue weighted by molar-refractivity contribution is -0.139. The number of carbonyl (C=O) groups is 2. The van der Waals surface area contributed by atoms with Crippen molar-refractivity contribution in [3.05, 3.63) is 0 Å². The third kappa shape index (κ3) is 3.22. The van der Waals surface area contributed by atoms with E-state index < -0.39 is 5.97 Å². The van der Waals surface area contributed by atoms with Crippen molar-refractivity contribution in [2.24, 2.45) is 0 Å². The Kier molecular flexibility index (Phi) is 4.22. The van der Waals surface area contributed by atoms with Crippen molar-refractivity contribution in [1.82, 2.24) is 9.80 Å². The van der Waals surface area contributed by atoms with Gasteiger partial charge in [0.1, 0.15) is 0 Å². The van der Waals surface area contributed by atoms with E-state index in [4.69, 9.17) is 5.11 Å². The lowest BCUT2D eigenvalue weighted by Gasteiger charge is -2.27. The van der Waals surface area contributed by atoms with E-state index in [0.717, 1.165) is 38.8 Å². The van der Waals surface area contributed by atoms with Gasteiger partial charge in [-0.2, -0.15) is 0 Å². The van der Waals surface area contributed by atoms with Crippen LogP contribution in [-0.4, -0.2) is 58.5 Å². The minimum Gasteiger partial charge on any atom is -0.481 e. The first kappa shape index (κ1) is 13.3. The predicted molar refractivity (Wildman–Crippen MR) is 67.3 cm³/mol. The van der Waals surface area contributed by atoms with Crippen LogP contribution < -0.4 is 0 Å². The molecule has 0 radical (unpaired) electrons. The molecule has 0 aromatic rings. The number of aliphatic carboxylic acids is 1. The summed E-state index contributed by atoms with van der Waals surface area (Å²) < 4.78 is 0. The van der Waals surface area contributed by atoms with Gasteiger partial charge in [0.25, 0.3) is 0 Å². The summed E-state index contributed by atoms with van der Waals surface area (Å²) in [7, 11) is 0. The van der Waals surface area contributed by atoms with Crippen LogP contribution in [0.5, 0.6) is 0 Å². The first-order valence-corrected chi connectivity index (χ1v) is 6.87. The molecule has 5 heteroatoms. The predicted octanol–water partition coefficient (Wildman–Crippen LogP) is 0.936. The van der Waals surface area contributed by atoms with E-state index in [1.54, 1.807) is 0 Å². The monoisotopic (exact) mass is 254 g/mol. The lowest BCUT2D eigenvalue weighted by atomic mass is 10.1. The number of nitrogens with zero attached hydrogens (tertiary/aromatic N) is 2. The minimum absolute atomic E-state index is 0.0457. The first-order valence-electron chi connectivity index (χ1n) is 6.87. The molecule has 0 spiro atoms. The molecule has 0 aromatic carbocycles. The molecule has 1 unspecified atom stereocenters. The van der Waals surface area contributed by atoms with Crippen LogP contribution in [0.1, 0.15) is 39.0 Å². The van der Waals surface area contributed by atoms with E-state index in [9.17, 15) is 9.59 Å². The van der Waals surface area contributed by atoms with Crippen LogP contribution in [0.3, 0.4) is 0 Å². The average Bonchev–Trinajstić information content (AvgIpc) is 3.04.